The van der Waals surface area contributed by atoms with Crippen LogP contribution in [0.4, 0.5) is 0 Å². The summed E-state index contributed by atoms with van der Waals surface area (Å²) >= 11 is 3.33. The number of hydrogen-bond acceptors (Lipinski definition) is 5. The third-order valence-electron chi connectivity index (χ3n) is 5.21. The summed E-state index contributed by atoms with van der Waals surface area (Å²) in [6.07, 6.45) is 1.43. The van der Waals surface area contributed by atoms with Crippen LogP contribution in [0.15, 0.2) is 88.4 Å². The van der Waals surface area contributed by atoms with E-state index in [4.69, 9.17) is 4.74 Å². The summed E-state index contributed by atoms with van der Waals surface area (Å²) in [5.74, 6) is -2.06. The smallest absolute Gasteiger partial charge is 0.343 e. The second-order valence-electron chi connectivity index (χ2n) is 7.45. The molecule has 0 bridgehead atoms. The number of nitrogens with zero attached hydrogens (tertiary/aromatic N) is 1. The molecule has 0 radical (unpaired) electrons. The molecule has 0 spiro atoms. The summed E-state index contributed by atoms with van der Waals surface area (Å²) < 4.78 is 6.20. The van der Waals surface area contributed by atoms with Gasteiger partial charge in [-0.15, -0.1) is 0 Å². The molecule has 8 heteroatoms. The Labute approximate surface area is 199 Å². The zero-order chi connectivity index (χ0) is 23.2. The highest BCUT2D eigenvalue weighted by atomic mass is 79.9. The van der Waals surface area contributed by atoms with E-state index >= 15 is 0 Å². The van der Waals surface area contributed by atoms with Crippen molar-refractivity contribution in [2.24, 2.45) is 11.0 Å². The lowest BCUT2D eigenvalue weighted by Gasteiger charge is -2.15. The Bertz CT molecular complexity index is 1210. The van der Waals surface area contributed by atoms with Gasteiger partial charge < -0.3 is 10.1 Å². The standard InChI is InChI=1S/C25H20BrN3O4/c26-19-10-5-9-18(13-19)25(32)33-20-11-4-6-16(12-20)14-28-29-24(31)22-21(15-27-23(22)30)17-7-2-1-3-8-17/h1-14,21-22H,15H2,(H,27,30)(H,29,31)/b28-14+/t21-,22+/m1/s1. The van der Waals surface area contributed by atoms with E-state index in [2.05, 4.69) is 31.8 Å². The number of carbonyl (C=O) groups is 3. The summed E-state index contributed by atoms with van der Waals surface area (Å²) in [7, 11) is 0. The molecule has 1 saturated heterocycles. The lowest BCUT2D eigenvalue weighted by molar-refractivity contribution is -0.133. The van der Waals surface area contributed by atoms with Crippen molar-refractivity contribution in [3.8, 4) is 5.75 Å². The maximum atomic E-state index is 12.7. The molecule has 3 aromatic rings. The van der Waals surface area contributed by atoms with Gasteiger partial charge in [0.1, 0.15) is 11.7 Å². The minimum Gasteiger partial charge on any atom is -0.423 e. The second-order valence-corrected chi connectivity index (χ2v) is 8.36. The molecular formula is C25H20BrN3O4. The van der Waals surface area contributed by atoms with Gasteiger partial charge in [-0.2, -0.15) is 5.10 Å². The van der Waals surface area contributed by atoms with Gasteiger partial charge in [-0.1, -0.05) is 64.5 Å². The Morgan fingerprint density at radius 1 is 1.03 bits per heavy atom. The first-order chi connectivity index (χ1) is 16.0. The van der Waals surface area contributed by atoms with Crippen LogP contribution in [0.25, 0.3) is 0 Å². The Balaban J connectivity index is 1.39. The van der Waals surface area contributed by atoms with Gasteiger partial charge in [0.15, 0.2) is 0 Å². The van der Waals surface area contributed by atoms with E-state index in [1.807, 2.05) is 36.4 Å². The van der Waals surface area contributed by atoms with E-state index in [0.29, 0.717) is 23.4 Å². The van der Waals surface area contributed by atoms with Gasteiger partial charge in [0, 0.05) is 16.9 Å². The predicted octanol–water partition coefficient (Wildman–Crippen LogP) is 3.65. The van der Waals surface area contributed by atoms with Gasteiger partial charge in [-0.05, 0) is 41.5 Å². The van der Waals surface area contributed by atoms with Crippen LogP contribution in [0.1, 0.15) is 27.4 Å². The average molecular weight is 506 g/mol. The molecule has 7 nitrogen and oxygen atoms in total. The Hall–Kier alpha value is -3.78. The molecule has 2 atom stereocenters. The molecule has 1 heterocycles. The van der Waals surface area contributed by atoms with E-state index in [1.54, 1.807) is 42.5 Å². The number of carbonyl (C=O) groups excluding carboxylic acids is 3. The Kier molecular flexibility index (Phi) is 6.95. The van der Waals surface area contributed by atoms with Crippen molar-refractivity contribution < 1.29 is 19.1 Å². The van der Waals surface area contributed by atoms with Gasteiger partial charge in [0.2, 0.25) is 5.91 Å². The van der Waals surface area contributed by atoms with Crippen molar-refractivity contribution in [1.29, 1.82) is 0 Å². The number of esters is 1. The number of nitrogens with one attached hydrogen (secondary N) is 2. The quantitative estimate of drug-likeness (QED) is 0.175. The summed E-state index contributed by atoms with van der Waals surface area (Å²) in [4.78, 5) is 37.2. The van der Waals surface area contributed by atoms with E-state index < -0.39 is 17.8 Å². The molecule has 1 fully saturated rings. The van der Waals surface area contributed by atoms with E-state index in [0.717, 1.165) is 10.0 Å². The first-order valence-electron chi connectivity index (χ1n) is 10.2. The van der Waals surface area contributed by atoms with Crippen LogP contribution in [-0.2, 0) is 9.59 Å². The molecule has 2 N–H and O–H groups in total. The third kappa shape index (κ3) is 5.53. The molecule has 0 saturated carbocycles. The van der Waals surface area contributed by atoms with Crippen molar-refractivity contribution in [3.05, 3.63) is 100 Å². The topological polar surface area (TPSA) is 96.9 Å². The van der Waals surface area contributed by atoms with Gasteiger partial charge >= 0.3 is 5.97 Å². The number of ether oxygens (including phenoxy) is 1. The number of halogens is 1. The summed E-state index contributed by atoms with van der Waals surface area (Å²) in [5.41, 5.74) is 4.40. The van der Waals surface area contributed by atoms with Crippen molar-refractivity contribution in [2.75, 3.05) is 6.54 Å². The van der Waals surface area contributed by atoms with Crippen molar-refractivity contribution in [3.63, 3.8) is 0 Å². The molecule has 166 valence electrons. The van der Waals surface area contributed by atoms with Crippen molar-refractivity contribution in [1.82, 2.24) is 10.7 Å². The summed E-state index contributed by atoms with van der Waals surface area (Å²) in [5, 5.41) is 6.73. The highest BCUT2D eigenvalue weighted by Crippen LogP contribution is 2.29. The van der Waals surface area contributed by atoms with E-state index in [1.165, 1.54) is 6.21 Å². The molecule has 0 aliphatic carbocycles. The molecule has 1 aliphatic rings. The fraction of sp³-hybridized carbons (Fsp3) is 0.120. The van der Waals surface area contributed by atoms with Crippen molar-refractivity contribution >= 4 is 39.9 Å². The second kappa shape index (κ2) is 10.2. The lowest BCUT2D eigenvalue weighted by Crippen LogP contribution is -2.34. The fourth-order valence-electron chi connectivity index (χ4n) is 3.61. The molecule has 1 aliphatic heterocycles. The van der Waals surface area contributed by atoms with Crippen molar-refractivity contribution in [2.45, 2.75) is 5.92 Å². The predicted molar refractivity (Wildman–Crippen MR) is 127 cm³/mol. The monoisotopic (exact) mass is 505 g/mol. The SMILES string of the molecule is O=C(Oc1cccc(/C=N/NC(=O)[C@@H]2C(=O)NC[C@@H]2c2ccccc2)c1)c1cccc(Br)c1. The minimum atomic E-state index is -0.859. The lowest BCUT2D eigenvalue weighted by atomic mass is 9.88. The highest BCUT2D eigenvalue weighted by molar-refractivity contribution is 9.10. The molecule has 0 aromatic heterocycles. The van der Waals surface area contributed by atoms with Crippen LogP contribution in [0, 0.1) is 5.92 Å². The van der Waals surface area contributed by atoms with Crippen LogP contribution in [0.3, 0.4) is 0 Å². The third-order valence-corrected chi connectivity index (χ3v) is 5.70. The first kappa shape index (κ1) is 22.4. The van der Waals surface area contributed by atoms with E-state index in [-0.39, 0.29) is 11.8 Å². The summed E-state index contributed by atoms with van der Waals surface area (Å²) in [6.45, 7) is 0.399. The molecule has 2 amide bonds. The number of benzene rings is 3. The van der Waals surface area contributed by atoms with Gasteiger partial charge in [-0.25, -0.2) is 10.2 Å². The number of rotatable bonds is 6. The number of hydrogen-bond donors (Lipinski definition) is 2. The van der Waals surface area contributed by atoms with Crippen LogP contribution in [-0.4, -0.2) is 30.5 Å². The zero-order valence-electron chi connectivity index (χ0n) is 17.4. The Morgan fingerprint density at radius 3 is 2.61 bits per heavy atom. The maximum absolute atomic E-state index is 12.7. The largest absolute Gasteiger partial charge is 0.423 e. The van der Waals surface area contributed by atoms with Gasteiger partial charge in [0.25, 0.3) is 5.91 Å². The van der Waals surface area contributed by atoms with E-state index in [9.17, 15) is 14.4 Å². The molecular weight excluding hydrogens is 486 g/mol. The zero-order valence-corrected chi connectivity index (χ0v) is 19.0. The van der Waals surface area contributed by atoms with Crippen LogP contribution in [0.5, 0.6) is 5.75 Å². The minimum absolute atomic E-state index is 0.255. The van der Waals surface area contributed by atoms with Crippen LogP contribution in [0.2, 0.25) is 0 Å². The molecule has 0 unspecified atom stereocenters. The fourth-order valence-corrected chi connectivity index (χ4v) is 4.01. The Morgan fingerprint density at radius 2 is 1.82 bits per heavy atom. The normalized spacial score (nSPS) is 17.5. The molecule has 3 aromatic carbocycles. The number of amides is 2. The first-order valence-corrected chi connectivity index (χ1v) is 11.0. The van der Waals surface area contributed by atoms with Gasteiger partial charge in [0.05, 0.1) is 11.8 Å². The molecule has 33 heavy (non-hydrogen) atoms. The highest BCUT2D eigenvalue weighted by Gasteiger charge is 2.40. The van der Waals surface area contributed by atoms with Gasteiger partial charge in [-0.3, -0.25) is 9.59 Å². The van der Waals surface area contributed by atoms with Crippen LogP contribution < -0.4 is 15.5 Å². The number of hydrazone groups is 1. The average Bonchev–Trinajstić information content (AvgIpc) is 3.21. The van der Waals surface area contributed by atoms with Crippen LogP contribution >= 0.6 is 15.9 Å². The summed E-state index contributed by atoms with van der Waals surface area (Å²) in [6, 6.07) is 23.1. The molecule has 4 rings (SSSR count). The maximum Gasteiger partial charge on any atom is 0.343 e.